The van der Waals surface area contributed by atoms with E-state index in [9.17, 15) is 10.1 Å². The highest BCUT2D eigenvalue weighted by molar-refractivity contribution is 8.13. The number of aliphatic imine (C=N–C) groups is 1. The van der Waals surface area contributed by atoms with Crippen LogP contribution >= 0.6 is 11.8 Å². The summed E-state index contributed by atoms with van der Waals surface area (Å²) < 4.78 is 10.7. The summed E-state index contributed by atoms with van der Waals surface area (Å²) in [5, 5.41) is 10.4. The number of methoxy groups -OCH3 is 2. The van der Waals surface area contributed by atoms with Gasteiger partial charge in [0.15, 0.2) is 16.7 Å². The Hall–Kier alpha value is -2.40. The van der Waals surface area contributed by atoms with Gasteiger partial charge < -0.3 is 19.3 Å². The third-order valence-corrected chi connectivity index (χ3v) is 7.06. The van der Waals surface area contributed by atoms with Crippen molar-refractivity contribution in [2.24, 2.45) is 10.9 Å². The fourth-order valence-corrected chi connectivity index (χ4v) is 5.19. The molecule has 0 N–H and O–H groups in total. The number of carbonyl (C=O) groups excluding carboxylic acids is 1. The van der Waals surface area contributed by atoms with E-state index in [4.69, 9.17) is 14.5 Å². The molecule has 8 heteroatoms. The zero-order chi connectivity index (χ0) is 22.5. The Kier molecular flexibility index (Phi) is 7.71. The van der Waals surface area contributed by atoms with Gasteiger partial charge in [0.2, 0.25) is 5.91 Å². The molecule has 31 heavy (non-hydrogen) atoms. The summed E-state index contributed by atoms with van der Waals surface area (Å²) >= 11 is 1.55. The van der Waals surface area contributed by atoms with E-state index in [2.05, 4.69) is 29.7 Å². The number of benzene rings is 1. The van der Waals surface area contributed by atoms with E-state index < -0.39 is 0 Å². The third kappa shape index (κ3) is 4.93. The second-order valence-corrected chi connectivity index (χ2v) is 8.99. The average molecular weight is 445 g/mol. The number of likely N-dealkylation sites (tertiary alicyclic amines) is 2. The van der Waals surface area contributed by atoms with Gasteiger partial charge >= 0.3 is 0 Å². The summed E-state index contributed by atoms with van der Waals surface area (Å²) in [6.07, 6.45) is 5.83. The van der Waals surface area contributed by atoms with Gasteiger partial charge in [-0.3, -0.25) is 4.79 Å². The average Bonchev–Trinajstić information content (AvgIpc) is 3.14. The van der Waals surface area contributed by atoms with Crippen molar-refractivity contribution in [3.8, 4) is 17.6 Å². The van der Waals surface area contributed by atoms with Gasteiger partial charge in [0.1, 0.15) is 6.07 Å². The van der Waals surface area contributed by atoms with Crippen molar-refractivity contribution in [1.82, 2.24) is 9.80 Å². The van der Waals surface area contributed by atoms with Gasteiger partial charge in [-0.15, -0.1) is 0 Å². The van der Waals surface area contributed by atoms with Gasteiger partial charge in [0, 0.05) is 43.2 Å². The number of rotatable bonds is 4. The normalized spacial score (nSPS) is 22.4. The summed E-state index contributed by atoms with van der Waals surface area (Å²) in [5.74, 6) is 1.44. The molecular weight excluding hydrogens is 412 g/mol. The maximum Gasteiger partial charge on any atom is 0.226 e. The number of amidine groups is 1. The summed E-state index contributed by atoms with van der Waals surface area (Å²) in [6, 6.07) is 6.27. The molecule has 2 unspecified atom stereocenters. The Bertz CT molecular complexity index is 864. The highest BCUT2D eigenvalue weighted by Gasteiger charge is 2.36. The highest BCUT2D eigenvalue weighted by atomic mass is 32.2. The number of thioether (sulfide) groups is 1. The molecule has 2 aliphatic heterocycles. The lowest BCUT2D eigenvalue weighted by molar-refractivity contribution is -0.139. The Morgan fingerprint density at radius 1 is 1.10 bits per heavy atom. The minimum Gasteiger partial charge on any atom is -0.493 e. The Labute approximate surface area is 189 Å². The van der Waals surface area contributed by atoms with Crippen LogP contribution < -0.4 is 9.47 Å². The third-order valence-electron chi connectivity index (χ3n) is 6.34. The Balaban J connectivity index is 1.74. The number of carbonyl (C=O) groups is 1. The lowest BCUT2D eigenvalue weighted by atomic mass is 9.95. The molecule has 1 aromatic rings. The molecule has 2 atom stereocenters. The first-order valence-electron chi connectivity index (χ1n) is 10.8. The number of hydrogen-bond donors (Lipinski definition) is 0. The highest BCUT2D eigenvalue weighted by Crippen LogP contribution is 2.36. The number of amides is 1. The lowest BCUT2D eigenvalue weighted by Crippen LogP contribution is -2.46. The molecular formula is C23H32N4O3S. The molecule has 1 amide bonds. The second-order valence-electron chi connectivity index (χ2n) is 8.22. The quantitative estimate of drug-likeness (QED) is 0.515. The molecule has 2 saturated heterocycles. The van der Waals surface area contributed by atoms with E-state index in [1.54, 1.807) is 38.1 Å². The predicted octanol–water partition coefficient (Wildman–Crippen LogP) is 4.04. The number of nitrogens with zero attached hydrogens (tertiary/aromatic N) is 4. The predicted molar refractivity (Wildman–Crippen MR) is 124 cm³/mol. The van der Waals surface area contributed by atoms with E-state index in [0.29, 0.717) is 40.7 Å². The van der Waals surface area contributed by atoms with Gasteiger partial charge in [0.25, 0.3) is 0 Å². The molecule has 2 aliphatic rings. The summed E-state index contributed by atoms with van der Waals surface area (Å²) in [7, 11) is 3.11. The molecule has 0 bridgehead atoms. The van der Waals surface area contributed by atoms with Gasteiger partial charge in [-0.05, 0) is 45.8 Å². The van der Waals surface area contributed by atoms with Gasteiger partial charge in [-0.25, -0.2) is 4.99 Å². The van der Waals surface area contributed by atoms with Gasteiger partial charge in [0.05, 0.1) is 25.5 Å². The van der Waals surface area contributed by atoms with Crippen molar-refractivity contribution >= 4 is 28.5 Å². The molecule has 0 aromatic heterocycles. The molecule has 168 valence electrons. The van der Waals surface area contributed by atoms with E-state index in [-0.39, 0.29) is 5.92 Å². The monoisotopic (exact) mass is 444 g/mol. The Morgan fingerprint density at radius 3 is 2.19 bits per heavy atom. The number of piperidine rings is 1. The SMILES string of the molecule is COc1cc(C#N)c(N=C(SC)N2CCC(C(=O)N3C(C)CCC3C)CC2)cc1OC. The van der Waals surface area contributed by atoms with Crippen LogP contribution in [0.25, 0.3) is 0 Å². The fraction of sp³-hybridized carbons (Fsp3) is 0.609. The summed E-state index contributed by atoms with van der Waals surface area (Å²) in [4.78, 5) is 22.2. The number of hydrogen-bond acceptors (Lipinski definition) is 6. The number of nitriles is 1. The number of ether oxygens (including phenoxy) is 2. The second kappa shape index (κ2) is 10.3. The van der Waals surface area contributed by atoms with Crippen LogP contribution in [0.1, 0.15) is 45.1 Å². The van der Waals surface area contributed by atoms with E-state index >= 15 is 0 Å². The van der Waals surface area contributed by atoms with Crippen LogP contribution in [-0.2, 0) is 4.79 Å². The van der Waals surface area contributed by atoms with Crippen LogP contribution in [0.3, 0.4) is 0 Å². The smallest absolute Gasteiger partial charge is 0.226 e. The van der Waals surface area contributed by atoms with Crippen molar-refractivity contribution in [3.05, 3.63) is 17.7 Å². The van der Waals surface area contributed by atoms with Crippen LogP contribution in [0.4, 0.5) is 5.69 Å². The van der Waals surface area contributed by atoms with Crippen LogP contribution in [0.5, 0.6) is 11.5 Å². The zero-order valence-corrected chi connectivity index (χ0v) is 19.9. The summed E-state index contributed by atoms with van der Waals surface area (Å²) in [6.45, 7) is 5.87. The van der Waals surface area contributed by atoms with Crippen LogP contribution in [-0.4, -0.2) is 66.5 Å². The summed E-state index contributed by atoms with van der Waals surface area (Å²) in [5.41, 5.74) is 0.994. The maximum absolute atomic E-state index is 13.1. The van der Waals surface area contributed by atoms with Crippen molar-refractivity contribution in [2.75, 3.05) is 33.6 Å². The van der Waals surface area contributed by atoms with Crippen LogP contribution in [0, 0.1) is 17.2 Å². The molecule has 0 aliphatic carbocycles. The maximum atomic E-state index is 13.1. The first-order valence-corrected chi connectivity index (χ1v) is 12.0. The zero-order valence-electron chi connectivity index (χ0n) is 19.1. The molecule has 1 aromatic carbocycles. The standard InChI is InChI=1S/C23H32N4O3S/c1-15-6-7-16(2)27(15)22(28)17-8-10-26(11-9-17)23(31-5)25-19-13-21(30-4)20(29-3)12-18(19)14-24/h12-13,15-17H,6-11H2,1-5H3. The molecule has 0 spiro atoms. The molecule has 0 radical (unpaired) electrons. The molecule has 2 heterocycles. The lowest BCUT2D eigenvalue weighted by Gasteiger charge is -2.36. The van der Waals surface area contributed by atoms with Crippen molar-refractivity contribution in [3.63, 3.8) is 0 Å². The topological polar surface area (TPSA) is 78.2 Å². The first kappa shape index (κ1) is 23.3. The van der Waals surface area contributed by atoms with Crippen LogP contribution in [0.15, 0.2) is 17.1 Å². The van der Waals surface area contributed by atoms with Gasteiger partial charge in [-0.2, -0.15) is 5.26 Å². The van der Waals surface area contributed by atoms with Crippen LogP contribution in [0.2, 0.25) is 0 Å². The largest absolute Gasteiger partial charge is 0.493 e. The van der Waals surface area contributed by atoms with Crippen molar-refractivity contribution in [1.29, 1.82) is 5.26 Å². The van der Waals surface area contributed by atoms with Gasteiger partial charge in [-0.1, -0.05) is 11.8 Å². The van der Waals surface area contributed by atoms with E-state index in [0.717, 1.165) is 43.9 Å². The first-order chi connectivity index (χ1) is 14.9. The fourth-order valence-electron chi connectivity index (χ4n) is 4.56. The molecule has 0 saturated carbocycles. The molecule has 2 fully saturated rings. The van der Waals surface area contributed by atoms with Crippen molar-refractivity contribution < 1.29 is 14.3 Å². The minimum atomic E-state index is 0.0816. The Morgan fingerprint density at radius 2 is 1.68 bits per heavy atom. The van der Waals surface area contributed by atoms with Crippen molar-refractivity contribution in [2.45, 2.75) is 51.6 Å². The molecule has 7 nitrogen and oxygen atoms in total. The van der Waals surface area contributed by atoms with E-state index in [1.165, 1.54) is 0 Å². The molecule has 3 rings (SSSR count). The van der Waals surface area contributed by atoms with E-state index in [1.807, 2.05) is 6.26 Å². The minimum absolute atomic E-state index is 0.0816.